The second-order valence-electron chi connectivity index (χ2n) is 5.48. The number of oxazole rings is 1. The number of aliphatic hydroxyl groups excluding tert-OH is 1. The van der Waals surface area contributed by atoms with Gasteiger partial charge in [0.1, 0.15) is 5.82 Å². The van der Waals surface area contributed by atoms with Gasteiger partial charge < -0.3 is 14.8 Å². The average molecular weight is 326 g/mol. The van der Waals surface area contributed by atoms with Crippen LogP contribution in [0.15, 0.2) is 65.2 Å². The van der Waals surface area contributed by atoms with Crippen molar-refractivity contribution < 1.29 is 13.9 Å². The zero-order valence-electron chi connectivity index (χ0n) is 13.2. The first-order valence-corrected chi connectivity index (χ1v) is 7.86. The number of benzene rings is 2. The molecule has 0 aliphatic carbocycles. The molecule has 0 saturated heterocycles. The molecule has 5 heteroatoms. The van der Waals surface area contributed by atoms with Crippen molar-refractivity contribution in [2.75, 3.05) is 6.61 Å². The number of rotatable bonds is 7. The third kappa shape index (κ3) is 4.07. The van der Waals surface area contributed by atoms with E-state index in [-0.39, 0.29) is 18.5 Å². The molecule has 1 aromatic heterocycles. The van der Waals surface area contributed by atoms with Gasteiger partial charge in [-0.25, -0.2) is 9.37 Å². The fraction of sp³-hybridized carbons (Fsp3) is 0.211. The summed E-state index contributed by atoms with van der Waals surface area (Å²) in [7, 11) is 0. The largest absolute Gasteiger partial charge is 0.439 e. The minimum Gasteiger partial charge on any atom is -0.439 e. The third-order valence-corrected chi connectivity index (χ3v) is 3.80. The Kier molecular flexibility index (Phi) is 5.36. The standard InChI is InChI=1S/C19H19FN2O2/c20-16-8-6-15(7-9-16)18-12-22-19(24-18)13-21-17(10-11-23)14-4-2-1-3-5-14/h1-9,12,17,21,23H,10-11,13H2. The molecule has 0 spiro atoms. The van der Waals surface area contributed by atoms with E-state index in [2.05, 4.69) is 10.3 Å². The third-order valence-electron chi connectivity index (χ3n) is 3.80. The molecule has 1 heterocycles. The lowest BCUT2D eigenvalue weighted by atomic mass is 10.0. The molecule has 3 aromatic rings. The SMILES string of the molecule is OCCC(NCc1ncc(-c2ccc(F)cc2)o1)c1ccccc1. The van der Waals surface area contributed by atoms with Gasteiger partial charge in [0.15, 0.2) is 5.76 Å². The summed E-state index contributed by atoms with van der Waals surface area (Å²) in [6.45, 7) is 0.541. The van der Waals surface area contributed by atoms with Crippen molar-refractivity contribution in [2.45, 2.75) is 19.0 Å². The fourth-order valence-electron chi connectivity index (χ4n) is 2.55. The van der Waals surface area contributed by atoms with E-state index < -0.39 is 0 Å². The summed E-state index contributed by atoms with van der Waals surface area (Å²) in [5, 5.41) is 12.6. The smallest absolute Gasteiger partial charge is 0.208 e. The Balaban J connectivity index is 1.66. The van der Waals surface area contributed by atoms with Crippen LogP contribution >= 0.6 is 0 Å². The van der Waals surface area contributed by atoms with Crippen LogP contribution < -0.4 is 5.32 Å². The summed E-state index contributed by atoms with van der Waals surface area (Å²) >= 11 is 0. The molecule has 0 fully saturated rings. The zero-order chi connectivity index (χ0) is 16.8. The summed E-state index contributed by atoms with van der Waals surface area (Å²) in [6.07, 6.45) is 2.24. The highest BCUT2D eigenvalue weighted by Gasteiger charge is 2.12. The van der Waals surface area contributed by atoms with Gasteiger partial charge in [0.05, 0.1) is 12.7 Å². The minimum absolute atomic E-state index is 0.0253. The lowest BCUT2D eigenvalue weighted by molar-refractivity contribution is 0.263. The number of nitrogens with zero attached hydrogens (tertiary/aromatic N) is 1. The van der Waals surface area contributed by atoms with Gasteiger partial charge in [0.25, 0.3) is 0 Å². The van der Waals surface area contributed by atoms with Crippen LogP contribution in [0.2, 0.25) is 0 Å². The van der Waals surface area contributed by atoms with Crippen LogP contribution in [-0.4, -0.2) is 16.7 Å². The quantitative estimate of drug-likeness (QED) is 0.695. The van der Waals surface area contributed by atoms with Crippen LogP contribution in [0.3, 0.4) is 0 Å². The van der Waals surface area contributed by atoms with Crippen molar-refractivity contribution in [1.82, 2.24) is 10.3 Å². The maximum Gasteiger partial charge on any atom is 0.208 e. The first kappa shape index (κ1) is 16.4. The summed E-state index contributed by atoms with van der Waals surface area (Å²) in [4.78, 5) is 4.26. The highest BCUT2D eigenvalue weighted by atomic mass is 19.1. The van der Waals surface area contributed by atoms with E-state index in [1.165, 1.54) is 12.1 Å². The van der Waals surface area contributed by atoms with Crippen LogP contribution in [0.5, 0.6) is 0 Å². The Morgan fingerprint density at radius 1 is 1.08 bits per heavy atom. The summed E-state index contributed by atoms with van der Waals surface area (Å²) in [5.41, 5.74) is 1.89. The first-order valence-electron chi connectivity index (χ1n) is 7.86. The van der Waals surface area contributed by atoms with Gasteiger partial charge in [-0.2, -0.15) is 0 Å². The molecule has 0 saturated carbocycles. The number of aromatic nitrogens is 1. The van der Waals surface area contributed by atoms with E-state index in [9.17, 15) is 9.50 Å². The minimum atomic E-state index is -0.283. The predicted molar refractivity (Wildman–Crippen MR) is 89.6 cm³/mol. The van der Waals surface area contributed by atoms with Gasteiger partial charge in [0, 0.05) is 18.2 Å². The molecule has 3 rings (SSSR count). The molecule has 124 valence electrons. The number of aliphatic hydroxyl groups is 1. The Morgan fingerprint density at radius 3 is 2.54 bits per heavy atom. The number of halogens is 1. The van der Waals surface area contributed by atoms with Crippen molar-refractivity contribution in [3.8, 4) is 11.3 Å². The molecule has 0 aliphatic heterocycles. The Morgan fingerprint density at radius 2 is 1.83 bits per heavy atom. The summed E-state index contributed by atoms with van der Waals surface area (Å²) in [5.74, 6) is 0.869. The van der Waals surface area contributed by atoms with Gasteiger partial charge in [0.2, 0.25) is 5.89 Å². The molecule has 0 bridgehead atoms. The summed E-state index contributed by atoms with van der Waals surface area (Å²) in [6, 6.07) is 16.1. The fourth-order valence-corrected chi connectivity index (χ4v) is 2.55. The molecule has 0 radical (unpaired) electrons. The topological polar surface area (TPSA) is 58.3 Å². The van der Waals surface area contributed by atoms with E-state index in [0.29, 0.717) is 24.6 Å². The van der Waals surface area contributed by atoms with E-state index in [4.69, 9.17) is 4.42 Å². The van der Waals surface area contributed by atoms with Crippen LogP contribution in [0.4, 0.5) is 4.39 Å². The predicted octanol–water partition coefficient (Wildman–Crippen LogP) is 3.69. The van der Waals surface area contributed by atoms with Crippen LogP contribution in [0.1, 0.15) is 23.9 Å². The number of hydrogen-bond donors (Lipinski definition) is 2. The van der Waals surface area contributed by atoms with E-state index in [1.807, 2.05) is 30.3 Å². The van der Waals surface area contributed by atoms with Gasteiger partial charge in [-0.05, 0) is 36.2 Å². The molecule has 1 atom stereocenters. The highest BCUT2D eigenvalue weighted by Crippen LogP contribution is 2.21. The van der Waals surface area contributed by atoms with Gasteiger partial charge in [-0.3, -0.25) is 0 Å². The normalized spacial score (nSPS) is 12.2. The second-order valence-corrected chi connectivity index (χ2v) is 5.48. The molecule has 1 unspecified atom stereocenters. The molecule has 24 heavy (non-hydrogen) atoms. The van der Waals surface area contributed by atoms with E-state index in [0.717, 1.165) is 11.1 Å². The second kappa shape index (κ2) is 7.86. The first-order chi connectivity index (χ1) is 11.8. The molecular formula is C19H19FN2O2. The lowest BCUT2D eigenvalue weighted by Crippen LogP contribution is -2.22. The number of nitrogens with one attached hydrogen (secondary N) is 1. The van der Waals surface area contributed by atoms with Gasteiger partial charge in [-0.15, -0.1) is 0 Å². The lowest BCUT2D eigenvalue weighted by Gasteiger charge is -2.17. The van der Waals surface area contributed by atoms with Crippen molar-refractivity contribution in [1.29, 1.82) is 0 Å². The van der Waals surface area contributed by atoms with Crippen LogP contribution in [0, 0.1) is 5.82 Å². The number of hydrogen-bond acceptors (Lipinski definition) is 4. The van der Waals surface area contributed by atoms with Crippen LogP contribution in [0.25, 0.3) is 11.3 Å². The van der Waals surface area contributed by atoms with E-state index >= 15 is 0 Å². The molecule has 2 N–H and O–H groups in total. The van der Waals surface area contributed by atoms with E-state index in [1.54, 1.807) is 18.3 Å². The molecular weight excluding hydrogens is 307 g/mol. The molecule has 0 amide bonds. The van der Waals surface area contributed by atoms with Crippen molar-refractivity contribution in [3.05, 3.63) is 78.1 Å². The van der Waals surface area contributed by atoms with Crippen molar-refractivity contribution >= 4 is 0 Å². The maximum atomic E-state index is 13.0. The highest BCUT2D eigenvalue weighted by molar-refractivity contribution is 5.55. The van der Waals surface area contributed by atoms with Gasteiger partial charge in [-0.1, -0.05) is 30.3 Å². The zero-order valence-corrected chi connectivity index (χ0v) is 13.2. The summed E-state index contributed by atoms with van der Waals surface area (Å²) < 4.78 is 18.7. The Hall–Kier alpha value is -2.50. The van der Waals surface area contributed by atoms with Crippen LogP contribution in [-0.2, 0) is 6.54 Å². The van der Waals surface area contributed by atoms with Gasteiger partial charge >= 0.3 is 0 Å². The maximum absolute atomic E-state index is 13.0. The monoisotopic (exact) mass is 326 g/mol. The Bertz CT molecular complexity index is 757. The molecule has 2 aromatic carbocycles. The molecule has 0 aliphatic rings. The molecule has 4 nitrogen and oxygen atoms in total. The average Bonchev–Trinajstić information content (AvgIpc) is 3.09. The van der Waals surface area contributed by atoms with Crippen molar-refractivity contribution in [3.63, 3.8) is 0 Å². The Labute approximate surface area is 140 Å². The van der Waals surface area contributed by atoms with Crippen molar-refractivity contribution in [2.24, 2.45) is 0 Å².